The van der Waals surface area contributed by atoms with Gasteiger partial charge in [0.2, 0.25) is 0 Å². The highest BCUT2D eigenvalue weighted by molar-refractivity contribution is 14.1. The van der Waals surface area contributed by atoms with Crippen LogP contribution in [0.5, 0.6) is 11.5 Å². The van der Waals surface area contributed by atoms with Crippen LogP contribution in [0.25, 0.3) is 5.69 Å². The van der Waals surface area contributed by atoms with E-state index in [0.717, 1.165) is 16.9 Å². The molecule has 24 heavy (non-hydrogen) atoms. The third-order valence-electron chi connectivity index (χ3n) is 3.35. The molecule has 122 valence electrons. The first-order chi connectivity index (χ1) is 11.7. The lowest BCUT2D eigenvalue weighted by molar-refractivity contribution is 0.371. The third kappa shape index (κ3) is 3.67. The Morgan fingerprint density at radius 2 is 2.08 bits per heavy atom. The summed E-state index contributed by atoms with van der Waals surface area (Å²) in [5, 5.41) is 14.0. The number of imidazole rings is 1. The molecule has 1 heterocycles. The van der Waals surface area contributed by atoms with E-state index >= 15 is 0 Å². The average molecular weight is 434 g/mol. The number of rotatable bonds is 5. The van der Waals surface area contributed by atoms with E-state index in [1.807, 2.05) is 41.1 Å². The minimum atomic E-state index is 0.137. The number of nitrogens with zero attached hydrogens (tertiary/aromatic N) is 3. The smallest absolute Gasteiger partial charge is 0.171 e. The molecule has 0 atom stereocenters. The SMILES string of the molecule is COc1cc(/C=N/Nc2ccc(-n3ccnc3)cc2)cc(I)c1O. The number of phenols is 1. The molecule has 0 amide bonds. The quantitative estimate of drug-likeness (QED) is 0.366. The summed E-state index contributed by atoms with van der Waals surface area (Å²) in [6.07, 6.45) is 7.05. The van der Waals surface area contributed by atoms with Crippen LogP contribution in [0.3, 0.4) is 0 Å². The molecule has 3 aromatic rings. The second-order valence-electron chi connectivity index (χ2n) is 4.94. The van der Waals surface area contributed by atoms with Gasteiger partial charge in [0.15, 0.2) is 11.5 Å². The molecule has 0 radical (unpaired) electrons. The lowest BCUT2D eigenvalue weighted by atomic mass is 10.2. The Labute approximate surface area is 152 Å². The van der Waals surface area contributed by atoms with Crippen molar-refractivity contribution in [3.8, 4) is 17.2 Å². The van der Waals surface area contributed by atoms with Gasteiger partial charge in [0.05, 0.1) is 28.9 Å². The summed E-state index contributed by atoms with van der Waals surface area (Å²) in [6, 6.07) is 11.4. The van der Waals surface area contributed by atoms with Crippen molar-refractivity contribution in [1.82, 2.24) is 9.55 Å². The second kappa shape index (κ2) is 7.35. The van der Waals surface area contributed by atoms with E-state index in [2.05, 4.69) is 38.1 Å². The number of hydrogen-bond donors (Lipinski definition) is 2. The maximum Gasteiger partial charge on any atom is 0.171 e. The number of aromatic hydroxyl groups is 1. The predicted molar refractivity (Wildman–Crippen MR) is 102 cm³/mol. The van der Waals surface area contributed by atoms with Crippen molar-refractivity contribution in [3.05, 3.63) is 64.3 Å². The van der Waals surface area contributed by atoms with Gasteiger partial charge in [-0.15, -0.1) is 0 Å². The standard InChI is InChI=1S/C17H15IN4O2/c1-24-16-9-12(8-15(18)17(16)23)10-20-21-13-2-4-14(5-3-13)22-7-6-19-11-22/h2-11,21,23H,1H3/b20-10+. The lowest BCUT2D eigenvalue weighted by Gasteiger charge is -2.06. The zero-order chi connectivity index (χ0) is 16.9. The number of hydrazone groups is 1. The highest BCUT2D eigenvalue weighted by Gasteiger charge is 2.07. The number of anilines is 1. The van der Waals surface area contributed by atoms with E-state index in [0.29, 0.717) is 9.32 Å². The van der Waals surface area contributed by atoms with Crippen LogP contribution in [0.15, 0.2) is 60.2 Å². The maximum absolute atomic E-state index is 9.83. The van der Waals surface area contributed by atoms with Gasteiger partial charge in [0.25, 0.3) is 0 Å². The third-order valence-corrected chi connectivity index (χ3v) is 4.17. The van der Waals surface area contributed by atoms with Gasteiger partial charge in [0, 0.05) is 18.1 Å². The molecule has 7 heteroatoms. The van der Waals surface area contributed by atoms with E-state index < -0.39 is 0 Å². The van der Waals surface area contributed by atoms with Gasteiger partial charge in [0.1, 0.15) is 0 Å². The van der Waals surface area contributed by atoms with E-state index in [1.54, 1.807) is 24.8 Å². The zero-order valence-corrected chi connectivity index (χ0v) is 15.0. The number of hydrogen-bond acceptors (Lipinski definition) is 5. The summed E-state index contributed by atoms with van der Waals surface area (Å²) in [5.74, 6) is 0.561. The minimum Gasteiger partial charge on any atom is -0.504 e. The Hall–Kier alpha value is -2.55. The molecule has 0 bridgehead atoms. The van der Waals surface area contributed by atoms with Crippen LogP contribution in [0.1, 0.15) is 5.56 Å². The largest absolute Gasteiger partial charge is 0.504 e. The van der Waals surface area contributed by atoms with E-state index in [-0.39, 0.29) is 5.75 Å². The Kier molecular flexibility index (Phi) is 4.99. The Bertz CT molecular complexity index is 846. The number of nitrogens with one attached hydrogen (secondary N) is 1. The zero-order valence-electron chi connectivity index (χ0n) is 12.8. The summed E-state index contributed by atoms with van der Waals surface area (Å²) < 4.78 is 7.77. The molecule has 0 unspecified atom stereocenters. The topological polar surface area (TPSA) is 71.7 Å². The fraction of sp³-hybridized carbons (Fsp3) is 0.0588. The van der Waals surface area contributed by atoms with Gasteiger partial charge < -0.3 is 14.4 Å². The molecular weight excluding hydrogens is 419 g/mol. The van der Waals surface area contributed by atoms with Crippen molar-refractivity contribution in [1.29, 1.82) is 0 Å². The summed E-state index contributed by atoms with van der Waals surface area (Å²) in [4.78, 5) is 4.03. The summed E-state index contributed by atoms with van der Waals surface area (Å²) >= 11 is 2.05. The van der Waals surface area contributed by atoms with Crippen molar-refractivity contribution < 1.29 is 9.84 Å². The highest BCUT2D eigenvalue weighted by Crippen LogP contribution is 2.31. The number of aromatic nitrogens is 2. The Balaban J connectivity index is 1.69. The van der Waals surface area contributed by atoms with Crippen molar-refractivity contribution in [2.75, 3.05) is 12.5 Å². The molecule has 0 fully saturated rings. The number of methoxy groups -OCH3 is 1. The van der Waals surface area contributed by atoms with Crippen LogP contribution in [0.2, 0.25) is 0 Å². The normalized spacial score (nSPS) is 10.9. The van der Waals surface area contributed by atoms with Gasteiger partial charge in [-0.25, -0.2) is 4.98 Å². The van der Waals surface area contributed by atoms with Gasteiger partial charge in [-0.2, -0.15) is 5.10 Å². The van der Waals surface area contributed by atoms with Crippen molar-refractivity contribution in [2.45, 2.75) is 0 Å². The molecule has 2 N–H and O–H groups in total. The van der Waals surface area contributed by atoms with E-state index in [1.165, 1.54) is 7.11 Å². The lowest BCUT2D eigenvalue weighted by Crippen LogP contribution is -1.94. The van der Waals surface area contributed by atoms with Crippen LogP contribution >= 0.6 is 22.6 Å². The summed E-state index contributed by atoms with van der Waals surface area (Å²) in [6.45, 7) is 0. The van der Waals surface area contributed by atoms with Crippen LogP contribution in [-0.4, -0.2) is 28.0 Å². The van der Waals surface area contributed by atoms with Crippen LogP contribution in [0.4, 0.5) is 5.69 Å². The van der Waals surface area contributed by atoms with Crippen LogP contribution in [0, 0.1) is 3.57 Å². The number of phenolic OH excluding ortho intramolecular Hbond substituents is 1. The molecule has 0 aliphatic rings. The molecule has 0 saturated heterocycles. The van der Waals surface area contributed by atoms with Crippen LogP contribution in [-0.2, 0) is 0 Å². The minimum absolute atomic E-state index is 0.137. The maximum atomic E-state index is 9.83. The molecule has 6 nitrogen and oxygen atoms in total. The monoisotopic (exact) mass is 434 g/mol. The first kappa shape index (κ1) is 16.3. The average Bonchev–Trinajstić information content (AvgIpc) is 3.13. The van der Waals surface area contributed by atoms with E-state index in [4.69, 9.17) is 4.74 Å². The number of ether oxygens (including phenoxy) is 1. The number of halogens is 1. The Morgan fingerprint density at radius 1 is 1.29 bits per heavy atom. The molecule has 0 spiro atoms. The predicted octanol–water partition coefficient (Wildman–Crippen LogP) is 3.64. The molecule has 0 aliphatic heterocycles. The molecular formula is C17H15IN4O2. The highest BCUT2D eigenvalue weighted by atomic mass is 127. The van der Waals surface area contributed by atoms with Gasteiger partial charge in [-0.3, -0.25) is 5.43 Å². The van der Waals surface area contributed by atoms with Crippen molar-refractivity contribution >= 4 is 34.5 Å². The molecule has 0 saturated carbocycles. The van der Waals surface area contributed by atoms with Crippen molar-refractivity contribution in [2.24, 2.45) is 5.10 Å². The van der Waals surface area contributed by atoms with Crippen LogP contribution < -0.4 is 10.2 Å². The second-order valence-corrected chi connectivity index (χ2v) is 6.10. The summed E-state index contributed by atoms with van der Waals surface area (Å²) in [7, 11) is 1.52. The van der Waals surface area contributed by atoms with E-state index in [9.17, 15) is 5.11 Å². The first-order valence-electron chi connectivity index (χ1n) is 7.11. The number of benzene rings is 2. The molecule has 3 rings (SSSR count). The molecule has 1 aromatic heterocycles. The van der Waals surface area contributed by atoms with Gasteiger partial charge in [-0.05, 0) is 64.6 Å². The fourth-order valence-corrected chi connectivity index (χ4v) is 2.75. The summed E-state index contributed by atoms with van der Waals surface area (Å²) in [5.41, 5.74) is 5.70. The van der Waals surface area contributed by atoms with Gasteiger partial charge in [-0.1, -0.05) is 0 Å². The molecule has 2 aromatic carbocycles. The first-order valence-corrected chi connectivity index (χ1v) is 8.19. The fourth-order valence-electron chi connectivity index (χ4n) is 2.13. The van der Waals surface area contributed by atoms with Crippen molar-refractivity contribution in [3.63, 3.8) is 0 Å². The van der Waals surface area contributed by atoms with Gasteiger partial charge >= 0.3 is 0 Å². The molecule has 0 aliphatic carbocycles. The Morgan fingerprint density at radius 3 is 2.75 bits per heavy atom.